The number of carbonyl (C=O) groups is 2. The highest BCUT2D eigenvalue weighted by atomic mass is 16.5. The van der Waals surface area contributed by atoms with Crippen LogP contribution in [0.4, 0.5) is 0 Å². The van der Waals surface area contributed by atoms with E-state index in [4.69, 9.17) is 4.74 Å². The first-order valence-corrected chi connectivity index (χ1v) is 10.3. The molecular formula is C21H26N4O3. The molecule has 3 saturated heterocycles. The average Bonchev–Trinajstić information content (AvgIpc) is 3.44. The molecule has 0 aliphatic carbocycles. The number of ether oxygens (including phenoxy) is 1. The summed E-state index contributed by atoms with van der Waals surface area (Å²) in [5, 5.41) is 3.07. The molecule has 7 heteroatoms. The number of fused-ring (bicyclic) bond motifs is 2. The molecular weight excluding hydrogens is 356 g/mol. The van der Waals surface area contributed by atoms with E-state index in [0.717, 1.165) is 31.5 Å². The summed E-state index contributed by atoms with van der Waals surface area (Å²) < 4.78 is 8.22. The molecule has 2 amide bonds. The molecule has 7 nitrogen and oxygen atoms in total. The van der Waals surface area contributed by atoms with Crippen LogP contribution >= 0.6 is 0 Å². The fraction of sp³-hybridized carbons (Fsp3) is 0.571. The van der Waals surface area contributed by atoms with Crippen molar-refractivity contribution in [1.29, 1.82) is 0 Å². The number of nitrogens with zero attached hydrogens (tertiary/aromatic N) is 3. The van der Waals surface area contributed by atoms with Gasteiger partial charge < -0.3 is 19.4 Å². The molecule has 28 heavy (non-hydrogen) atoms. The second-order valence-corrected chi connectivity index (χ2v) is 8.36. The Hall–Kier alpha value is -2.41. The summed E-state index contributed by atoms with van der Waals surface area (Å²) >= 11 is 0. The molecule has 2 aromatic rings. The third kappa shape index (κ3) is 2.71. The van der Waals surface area contributed by atoms with Crippen LogP contribution in [0.3, 0.4) is 0 Å². The van der Waals surface area contributed by atoms with Crippen LogP contribution in [0.25, 0.3) is 5.65 Å². The predicted molar refractivity (Wildman–Crippen MR) is 103 cm³/mol. The fourth-order valence-corrected chi connectivity index (χ4v) is 5.37. The lowest BCUT2D eigenvalue weighted by molar-refractivity contribution is -0.131. The standard InChI is InChI=1S/C21H26N4O3/c1-2-5-19(26)25-11-15-14(17-7-8-21(15,13-25)28-17)10-22-20(27)16-12-24-9-4-3-6-18(24)23-16/h3-4,6,9,12,14-15,17H,2,5,7-8,10-11,13H2,1H3,(H,22,27)/t14-,15+,17+,21+/m0/s1. The monoisotopic (exact) mass is 382 g/mol. The molecule has 0 radical (unpaired) electrons. The minimum atomic E-state index is -0.188. The van der Waals surface area contributed by atoms with Gasteiger partial charge in [-0.3, -0.25) is 9.59 Å². The van der Waals surface area contributed by atoms with Gasteiger partial charge in [0.15, 0.2) is 0 Å². The Balaban J connectivity index is 1.27. The molecule has 1 spiro atoms. The summed E-state index contributed by atoms with van der Waals surface area (Å²) in [6.07, 6.45) is 7.33. The molecule has 0 saturated carbocycles. The van der Waals surface area contributed by atoms with Crippen LogP contribution in [0.1, 0.15) is 43.1 Å². The van der Waals surface area contributed by atoms with Crippen LogP contribution in [0.15, 0.2) is 30.6 Å². The lowest BCUT2D eigenvalue weighted by Crippen LogP contribution is -2.42. The molecule has 1 N–H and O–H groups in total. The van der Waals surface area contributed by atoms with E-state index in [1.54, 1.807) is 6.20 Å². The van der Waals surface area contributed by atoms with Gasteiger partial charge in [-0.1, -0.05) is 13.0 Å². The number of pyridine rings is 1. The van der Waals surface area contributed by atoms with E-state index in [1.807, 2.05) is 40.6 Å². The number of rotatable bonds is 5. The maximum absolute atomic E-state index is 12.6. The second-order valence-electron chi connectivity index (χ2n) is 8.36. The number of carbonyl (C=O) groups excluding carboxylic acids is 2. The predicted octanol–water partition coefficient (Wildman–Crippen LogP) is 1.87. The Kier molecular flexibility index (Phi) is 4.16. The van der Waals surface area contributed by atoms with Crippen LogP contribution < -0.4 is 5.32 Å². The maximum Gasteiger partial charge on any atom is 0.271 e. The first kappa shape index (κ1) is 17.7. The Morgan fingerprint density at radius 3 is 3.11 bits per heavy atom. The highest BCUT2D eigenvalue weighted by Gasteiger charge is 2.63. The zero-order chi connectivity index (χ0) is 19.3. The van der Waals surface area contributed by atoms with E-state index in [2.05, 4.69) is 10.3 Å². The molecule has 2 aromatic heterocycles. The highest BCUT2D eigenvalue weighted by Crippen LogP contribution is 2.54. The van der Waals surface area contributed by atoms with Crippen LogP contribution in [0, 0.1) is 11.8 Å². The average molecular weight is 382 g/mol. The smallest absolute Gasteiger partial charge is 0.271 e. The van der Waals surface area contributed by atoms with Crippen molar-refractivity contribution in [2.24, 2.45) is 11.8 Å². The van der Waals surface area contributed by atoms with Gasteiger partial charge in [-0.2, -0.15) is 0 Å². The number of imidazole rings is 1. The van der Waals surface area contributed by atoms with Gasteiger partial charge in [0.1, 0.15) is 11.3 Å². The molecule has 0 aromatic carbocycles. The first-order valence-electron chi connectivity index (χ1n) is 10.3. The molecule has 148 valence electrons. The molecule has 3 fully saturated rings. The Morgan fingerprint density at radius 2 is 2.29 bits per heavy atom. The van der Waals surface area contributed by atoms with Crippen molar-refractivity contribution >= 4 is 17.5 Å². The van der Waals surface area contributed by atoms with Crippen molar-refractivity contribution in [3.63, 3.8) is 0 Å². The van der Waals surface area contributed by atoms with Gasteiger partial charge in [0, 0.05) is 43.7 Å². The van der Waals surface area contributed by atoms with E-state index in [0.29, 0.717) is 31.1 Å². The minimum Gasteiger partial charge on any atom is -0.369 e. The van der Waals surface area contributed by atoms with E-state index in [-0.39, 0.29) is 29.4 Å². The summed E-state index contributed by atoms with van der Waals surface area (Å²) in [6, 6.07) is 5.70. The van der Waals surface area contributed by atoms with Gasteiger partial charge >= 0.3 is 0 Å². The third-order valence-electron chi connectivity index (χ3n) is 6.70. The summed E-state index contributed by atoms with van der Waals surface area (Å²) in [5.41, 5.74) is 0.999. The molecule has 5 heterocycles. The summed E-state index contributed by atoms with van der Waals surface area (Å²) in [5.74, 6) is 0.644. The van der Waals surface area contributed by atoms with Gasteiger partial charge in [-0.25, -0.2) is 4.98 Å². The Labute approximate surface area is 164 Å². The van der Waals surface area contributed by atoms with Crippen molar-refractivity contribution in [1.82, 2.24) is 19.6 Å². The van der Waals surface area contributed by atoms with E-state index < -0.39 is 0 Å². The molecule has 5 rings (SSSR count). The van der Waals surface area contributed by atoms with E-state index in [1.165, 1.54) is 0 Å². The summed E-state index contributed by atoms with van der Waals surface area (Å²) in [6.45, 7) is 4.07. The third-order valence-corrected chi connectivity index (χ3v) is 6.70. The van der Waals surface area contributed by atoms with Crippen molar-refractivity contribution < 1.29 is 14.3 Å². The molecule has 2 bridgehead atoms. The minimum absolute atomic E-state index is 0.155. The highest BCUT2D eigenvalue weighted by molar-refractivity contribution is 5.92. The van der Waals surface area contributed by atoms with Gasteiger partial charge in [0.05, 0.1) is 18.2 Å². The first-order chi connectivity index (χ1) is 13.6. The summed E-state index contributed by atoms with van der Waals surface area (Å²) in [4.78, 5) is 31.4. The van der Waals surface area contributed by atoms with E-state index in [9.17, 15) is 9.59 Å². The second kappa shape index (κ2) is 6.58. The topological polar surface area (TPSA) is 75.9 Å². The Bertz CT molecular complexity index is 892. The zero-order valence-corrected chi connectivity index (χ0v) is 16.1. The van der Waals surface area contributed by atoms with Crippen LogP contribution in [-0.2, 0) is 9.53 Å². The quantitative estimate of drug-likeness (QED) is 0.857. The molecule has 3 aliphatic heterocycles. The van der Waals surface area contributed by atoms with Gasteiger partial charge in [-0.15, -0.1) is 0 Å². The number of aromatic nitrogens is 2. The summed E-state index contributed by atoms with van der Waals surface area (Å²) in [7, 11) is 0. The lowest BCUT2D eigenvalue weighted by atomic mass is 9.73. The zero-order valence-electron chi connectivity index (χ0n) is 16.1. The number of nitrogens with one attached hydrogen (secondary N) is 1. The molecule has 3 aliphatic rings. The van der Waals surface area contributed by atoms with Crippen molar-refractivity contribution in [3.05, 3.63) is 36.3 Å². The van der Waals surface area contributed by atoms with E-state index >= 15 is 0 Å². The lowest BCUT2D eigenvalue weighted by Gasteiger charge is -2.29. The van der Waals surface area contributed by atoms with Crippen LogP contribution in [0.2, 0.25) is 0 Å². The van der Waals surface area contributed by atoms with Crippen LogP contribution in [-0.4, -0.2) is 57.4 Å². The normalized spacial score (nSPS) is 30.8. The molecule has 0 unspecified atom stereocenters. The number of amides is 2. The number of hydrogen-bond donors (Lipinski definition) is 1. The van der Waals surface area contributed by atoms with Crippen molar-refractivity contribution in [2.45, 2.75) is 44.3 Å². The van der Waals surface area contributed by atoms with Crippen molar-refractivity contribution in [3.8, 4) is 0 Å². The SMILES string of the molecule is CCCC(=O)N1C[C@@H]2[C@H](CNC(=O)c3cn4ccccc4n3)[C@H]3CC[C@]2(C1)O3. The van der Waals surface area contributed by atoms with Crippen molar-refractivity contribution in [2.75, 3.05) is 19.6 Å². The maximum atomic E-state index is 12.6. The number of hydrogen-bond acceptors (Lipinski definition) is 4. The molecule has 4 atom stereocenters. The van der Waals surface area contributed by atoms with Gasteiger partial charge in [0.25, 0.3) is 5.91 Å². The van der Waals surface area contributed by atoms with Gasteiger partial charge in [-0.05, 0) is 31.4 Å². The van der Waals surface area contributed by atoms with Gasteiger partial charge in [0.2, 0.25) is 5.91 Å². The van der Waals surface area contributed by atoms with Crippen LogP contribution in [0.5, 0.6) is 0 Å². The largest absolute Gasteiger partial charge is 0.369 e. The fourth-order valence-electron chi connectivity index (χ4n) is 5.37. The Morgan fingerprint density at radius 1 is 1.39 bits per heavy atom. The number of likely N-dealkylation sites (tertiary alicyclic amines) is 1.